The number of nitrogens with two attached hydrogens (primary N) is 1. The summed E-state index contributed by atoms with van der Waals surface area (Å²) in [6.07, 6.45) is 0. The molecular formula is C12H14N2S. The molecule has 0 bridgehead atoms. The number of hydrogen-bond donors (Lipinski definition) is 1. The Morgan fingerprint density at radius 2 is 2.00 bits per heavy atom. The highest BCUT2D eigenvalue weighted by atomic mass is 32.1. The van der Waals surface area contributed by atoms with Gasteiger partial charge in [0.1, 0.15) is 5.01 Å². The van der Waals surface area contributed by atoms with E-state index < -0.39 is 0 Å². The lowest BCUT2D eigenvalue weighted by atomic mass is 10.1. The van der Waals surface area contributed by atoms with Crippen LogP contribution >= 0.6 is 11.3 Å². The van der Waals surface area contributed by atoms with E-state index in [1.54, 1.807) is 11.3 Å². The largest absolute Gasteiger partial charge is 0.325 e. The fraction of sp³-hybridized carbons (Fsp3) is 0.250. The van der Waals surface area contributed by atoms with Crippen molar-refractivity contribution in [2.75, 3.05) is 0 Å². The van der Waals surface area contributed by atoms with E-state index in [-0.39, 0.29) is 0 Å². The molecule has 0 spiro atoms. The lowest BCUT2D eigenvalue weighted by Crippen LogP contribution is -1.97. The summed E-state index contributed by atoms with van der Waals surface area (Å²) in [6.45, 7) is 4.70. The summed E-state index contributed by atoms with van der Waals surface area (Å²) in [5.74, 6) is 0. The Morgan fingerprint density at radius 1 is 1.27 bits per heavy atom. The molecule has 3 heteroatoms. The molecule has 1 aromatic carbocycles. The summed E-state index contributed by atoms with van der Waals surface area (Å²) in [5, 5.41) is 1.08. The third kappa shape index (κ3) is 1.94. The van der Waals surface area contributed by atoms with E-state index in [4.69, 9.17) is 5.73 Å². The average molecular weight is 218 g/mol. The molecule has 0 fully saturated rings. The van der Waals surface area contributed by atoms with E-state index in [2.05, 4.69) is 31.0 Å². The van der Waals surface area contributed by atoms with Gasteiger partial charge in [-0.2, -0.15) is 0 Å². The highest BCUT2D eigenvalue weighted by Crippen LogP contribution is 2.29. The maximum absolute atomic E-state index is 5.62. The molecule has 0 atom stereocenters. The molecule has 15 heavy (non-hydrogen) atoms. The normalized spacial score (nSPS) is 10.6. The number of rotatable bonds is 2. The Bertz CT molecular complexity index is 474. The SMILES string of the molecule is Cc1ccccc1-c1nc(CN)c(C)s1. The molecule has 0 aliphatic carbocycles. The molecule has 2 N–H and O–H groups in total. The molecule has 0 radical (unpaired) electrons. The summed E-state index contributed by atoms with van der Waals surface area (Å²) in [6, 6.07) is 8.30. The number of nitrogens with zero attached hydrogens (tertiary/aromatic N) is 1. The second kappa shape index (κ2) is 4.13. The Morgan fingerprint density at radius 3 is 2.60 bits per heavy atom. The van der Waals surface area contributed by atoms with Crippen LogP contribution in [0.1, 0.15) is 16.1 Å². The Kier molecular flexibility index (Phi) is 2.84. The average Bonchev–Trinajstić information content (AvgIpc) is 2.60. The third-order valence-corrected chi connectivity index (χ3v) is 3.51. The molecule has 0 saturated carbocycles. The van der Waals surface area contributed by atoms with E-state index in [0.29, 0.717) is 6.54 Å². The van der Waals surface area contributed by atoms with Crippen molar-refractivity contribution < 1.29 is 0 Å². The smallest absolute Gasteiger partial charge is 0.124 e. The van der Waals surface area contributed by atoms with Crippen molar-refractivity contribution in [2.45, 2.75) is 20.4 Å². The first kappa shape index (κ1) is 10.3. The van der Waals surface area contributed by atoms with Gasteiger partial charge in [0.25, 0.3) is 0 Å². The molecule has 0 aliphatic rings. The number of aromatic nitrogens is 1. The minimum atomic E-state index is 0.522. The number of hydrogen-bond acceptors (Lipinski definition) is 3. The fourth-order valence-electron chi connectivity index (χ4n) is 1.55. The van der Waals surface area contributed by atoms with Gasteiger partial charge >= 0.3 is 0 Å². The van der Waals surface area contributed by atoms with Gasteiger partial charge in [-0.25, -0.2) is 4.98 Å². The van der Waals surface area contributed by atoms with Gasteiger partial charge in [-0.1, -0.05) is 24.3 Å². The second-order valence-corrected chi connectivity index (χ2v) is 4.74. The summed E-state index contributed by atoms with van der Waals surface area (Å²) >= 11 is 1.72. The van der Waals surface area contributed by atoms with Gasteiger partial charge < -0.3 is 5.73 Å². The predicted octanol–water partition coefficient (Wildman–Crippen LogP) is 2.89. The minimum absolute atomic E-state index is 0.522. The molecule has 78 valence electrons. The van der Waals surface area contributed by atoms with Crippen molar-refractivity contribution >= 4 is 11.3 Å². The van der Waals surface area contributed by atoms with E-state index in [0.717, 1.165) is 10.7 Å². The summed E-state index contributed by atoms with van der Waals surface area (Å²) < 4.78 is 0. The molecular weight excluding hydrogens is 204 g/mol. The van der Waals surface area contributed by atoms with Crippen LogP contribution in [0.15, 0.2) is 24.3 Å². The molecule has 0 unspecified atom stereocenters. The molecule has 2 aromatic rings. The lowest BCUT2D eigenvalue weighted by molar-refractivity contribution is 0.998. The second-order valence-electron chi connectivity index (χ2n) is 3.54. The monoisotopic (exact) mass is 218 g/mol. The van der Waals surface area contributed by atoms with Crippen molar-refractivity contribution in [1.82, 2.24) is 4.98 Å². The molecule has 0 aliphatic heterocycles. The quantitative estimate of drug-likeness (QED) is 0.841. The molecule has 2 nitrogen and oxygen atoms in total. The van der Waals surface area contributed by atoms with Gasteiger partial charge in [0, 0.05) is 17.0 Å². The summed E-state index contributed by atoms with van der Waals surface area (Å²) in [7, 11) is 0. The first-order valence-electron chi connectivity index (χ1n) is 4.94. The topological polar surface area (TPSA) is 38.9 Å². The molecule has 1 heterocycles. The molecule has 0 amide bonds. The minimum Gasteiger partial charge on any atom is -0.325 e. The first-order valence-corrected chi connectivity index (χ1v) is 5.76. The van der Waals surface area contributed by atoms with Crippen molar-refractivity contribution in [3.05, 3.63) is 40.4 Å². The predicted molar refractivity (Wildman–Crippen MR) is 64.9 cm³/mol. The van der Waals surface area contributed by atoms with Crippen molar-refractivity contribution in [2.24, 2.45) is 5.73 Å². The van der Waals surface area contributed by atoms with Gasteiger partial charge in [0.15, 0.2) is 0 Å². The van der Waals surface area contributed by atoms with Crippen LogP contribution in [-0.2, 0) is 6.54 Å². The van der Waals surface area contributed by atoms with Crippen LogP contribution in [0.4, 0.5) is 0 Å². The van der Waals surface area contributed by atoms with Crippen LogP contribution in [0.3, 0.4) is 0 Å². The fourth-order valence-corrected chi connectivity index (χ4v) is 2.58. The number of aryl methyl sites for hydroxylation is 2. The van der Waals surface area contributed by atoms with E-state index in [9.17, 15) is 0 Å². The van der Waals surface area contributed by atoms with E-state index in [1.165, 1.54) is 16.0 Å². The number of thiazole rings is 1. The van der Waals surface area contributed by atoms with Crippen LogP contribution < -0.4 is 5.73 Å². The van der Waals surface area contributed by atoms with Crippen LogP contribution in [0.25, 0.3) is 10.6 Å². The third-order valence-electron chi connectivity index (χ3n) is 2.46. The Balaban J connectivity index is 2.50. The van der Waals surface area contributed by atoms with Crippen molar-refractivity contribution in [1.29, 1.82) is 0 Å². The van der Waals surface area contributed by atoms with Gasteiger partial charge in [-0.05, 0) is 19.4 Å². The van der Waals surface area contributed by atoms with Crippen LogP contribution in [0.5, 0.6) is 0 Å². The number of benzene rings is 1. The Hall–Kier alpha value is -1.19. The van der Waals surface area contributed by atoms with Gasteiger partial charge in [-0.15, -0.1) is 11.3 Å². The zero-order valence-electron chi connectivity index (χ0n) is 8.95. The van der Waals surface area contributed by atoms with Gasteiger partial charge in [-0.3, -0.25) is 0 Å². The van der Waals surface area contributed by atoms with Crippen LogP contribution in [-0.4, -0.2) is 4.98 Å². The standard InChI is InChI=1S/C12H14N2S/c1-8-5-3-4-6-10(8)12-14-11(7-13)9(2)15-12/h3-6H,7,13H2,1-2H3. The maximum atomic E-state index is 5.62. The highest BCUT2D eigenvalue weighted by molar-refractivity contribution is 7.15. The summed E-state index contributed by atoms with van der Waals surface area (Å²) in [5.41, 5.74) is 9.11. The zero-order valence-corrected chi connectivity index (χ0v) is 9.77. The van der Waals surface area contributed by atoms with Gasteiger partial charge in [0.05, 0.1) is 5.69 Å². The summed E-state index contributed by atoms with van der Waals surface area (Å²) in [4.78, 5) is 5.77. The van der Waals surface area contributed by atoms with Crippen molar-refractivity contribution in [3.63, 3.8) is 0 Å². The maximum Gasteiger partial charge on any atom is 0.124 e. The van der Waals surface area contributed by atoms with E-state index in [1.807, 2.05) is 12.1 Å². The molecule has 0 saturated heterocycles. The van der Waals surface area contributed by atoms with E-state index >= 15 is 0 Å². The molecule has 2 rings (SSSR count). The highest BCUT2D eigenvalue weighted by Gasteiger charge is 2.09. The van der Waals surface area contributed by atoms with Crippen LogP contribution in [0, 0.1) is 13.8 Å². The van der Waals surface area contributed by atoms with Crippen molar-refractivity contribution in [3.8, 4) is 10.6 Å². The zero-order chi connectivity index (χ0) is 10.8. The lowest BCUT2D eigenvalue weighted by Gasteiger charge is -1.99. The first-order chi connectivity index (χ1) is 7.22. The Labute approximate surface area is 93.8 Å². The van der Waals surface area contributed by atoms with Gasteiger partial charge in [0.2, 0.25) is 0 Å². The van der Waals surface area contributed by atoms with Crippen LogP contribution in [0.2, 0.25) is 0 Å². The molecule has 1 aromatic heterocycles.